The summed E-state index contributed by atoms with van der Waals surface area (Å²) in [6.45, 7) is 5.08. The van der Waals surface area contributed by atoms with Crippen LogP contribution in [0.1, 0.15) is 12.5 Å². The highest BCUT2D eigenvalue weighted by molar-refractivity contribution is 5.42. The number of nitrogens with zero attached hydrogens (tertiary/aromatic N) is 1. The largest absolute Gasteiger partial charge is 0.496 e. The van der Waals surface area contributed by atoms with Crippen molar-refractivity contribution in [3.8, 4) is 5.75 Å². The first-order valence-electron chi connectivity index (χ1n) is 6.13. The summed E-state index contributed by atoms with van der Waals surface area (Å²) in [5.41, 5.74) is 1.08. The molecule has 0 amide bonds. The van der Waals surface area contributed by atoms with Gasteiger partial charge in [-0.3, -0.25) is 10.1 Å². The standard InChI is InChI=1S/C13H18N2O4/c1-13(8-19-9-13)7-14-6-10-3-11(15(16)17)5-12(4-10)18-2/h3-5,14H,6-9H2,1-2H3. The van der Waals surface area contributed by atoms with E-state index in [9.17, 15) is 10.1 Å². The van der Waals surface area contributed by atoms with Crippen molar-refractivity contribution in [3.63, 3.8) is 0 Å². The number of nitro benzene ring substituents is 1. The average molecular weight is 266 g/mol. The van der Waals surface area contributed by atoms with Gasteiger partial charge in [0.1, 0.15) is 5.75 Å². The smallest absolute Gasteiger partial charge is 0.273 e. The van der Waals surface area contributed by atoms with E-state index < -0.39 is 4.92 Å². The number of ether oxygens (including phenoxy) is 2. The van der Waals surface area contributed by atoms with Crippen LogP contribution in [0.3, 0.4) is 0 Å². The minimum absolute atomic E-state index is 0.0503. The van der Waals surface area contributed by atoms with Gasteiger partial charge in [-0.2, -0.15) is 0 Å². The van der Waals surface area contributed by atoms with E-state index in [0.717, 1.165) is 25.3 Å². The molecule has 1 saturated heterocycles. The van der Waals surface area contributed by atoms with Gasteiger partial charge in [-0.15, -0.1) is 0 Å². The molecule has 6 nitrogen and oxygen atoms in total. The van der Waals surface area contributed by atoms with Crippen molar-refractivity contribution in [2.75, 3.05) is 26.9 Å². The number of benzene rings is 1. The van der Waals surface area contributed by atoms with Gasteiger partial charge in [-0.05, 0) is 11.6 Å². The molecule has 0 saturated carbocycles. The number of nitro groups is 1. The van der Waals surface area contributed by atoms with E-state index >= 15 is 0 Å². The normalized spacial score (nSPS) is 16.7. The molecule has 1 aromatic rings. The predicted octanol–water partition coefficient (Wildman–Crippen LogP) is 1.73. The number of hydrogen-bond donors (Lipinski definition) is 1. The lowest BCUT2D eigenvalue weighted by Crippen LogP contribution is -2.47. The molecular formula is C13H18N2O4. The summed E-state index contributed by atoms with van der Waals surface area (Å²) in [5, 5.41) is 14.1. The molecule has 0 aliphatic carbocycles. The van der Waals surface area contributed by atoms with Gasteiger partial charge in [-0.25, -0.2) is 0 Å². The Bertz CT molecular complexity index is 472. The van der Waals surface area contributed by atoms with Gasteiger partial charge in [0.15, 0.2) is 0 Å². The zero-order chi connectivity index (χ0) is 13.9. The summed E-state index contributed by atoms with van der Waals surface area (Å²) in [5.74, 6) is 0.504. The lowest BCUT2D eigenvalue weighted by molar-refractivity contribution is -0.385. The molecule has 0 aromatic heterocycles. The highest BCUT2D eigenvalue weighted by Crippen LogP contribution is 2.26. The van der Waals surface area contributed by atoms with E-state index in [1.54, 1.807) is 12.1 Å². The topological polar surface area (TPSA) is 73.6 Å². The summed E-state index contributed by atoms with van der Waals surface area (Å²) in [7, 11) is 1.50. The van der Waals surface area contributed by atoms with Crippen LogP contribution < -0.4 is 10.1 Å². The second-order valence-electron chi connectivity index (χ2n) is 5.20. The average Bonchev–Trinajstić information content (AvgIpc) is 2.36. The fourth-order valence-electron chi connectivity index (χ4n) is 2.03. The maximum absolute atomic E-state index is 10.8. The molecule has 1 heterocycles. The van der Waals surface area contributed by atoms with E-state index in [4.69, 9.17) is 9.47 Å². The van der Waals surface area contributed by atoms with E-state index in [1.165, 1.54) is 13.2 Å². The first kappa shape index (κ1) is 13.8. The highest BCUT2D eigenvalue weighted by Gasteiger charge is 2.32. The Hall–Kier alpha value is -1.66. The summed E-state index contributed by atoms with van der Waals surface area (Å²) in [6.07, 6.45) is 0. The first-order valence-corrected chi connectivity index (χ1v) is 6.13. The van der Waals surface area contributed by atoms with E-state index in [2.05, 4.69) is 12.2 Å². The molecule has 6 heteroatoms. The lowest BCUT2D eigenvalue weighted by atomic mass is 9.89. The van der Waals surface area contributed by atoms with Crippen molar-refractivity contribution in [1.82, 2.24) is 5.32 Å². The maximum Gasteiger partial charge on any atom is 0.273 e. The number of non-ortho nitro benzene ring substituents is 1. The number of nitrogens with one attached hydrogen (secondary N) is 1. The van der Waals surface area contributed by atoms with Gasteiger partial charge < -0.3 is 14.8 Å². The molecule has 1 aliphatic rings. The lowest BCUT2D eigenvalue weighted by Gasteiger charge is -2.38. The Kier molecular flexibility index (Phi) is 4.01. The molecule has 1 N–H and O–H groups in total. The number of methoxy groups -OCH3 is 1. The number of rotatable bonds is 6. The van der Waals surface area contributed by atoms with Gasteiger partial charge in [0.25, 0.3) is 5.69 Å². The Morgan fingerprint density at radius 3 is 2.74 bits per heavy atom. The molecule has 2 rings (SSSR count). The van der Waals surface area contributed by atoms with Crippen molar-refractivity contribution >= 4 is 5.69 Å². The zero-order valence-electron chi connectivity index (χ0n) is 11.1. The maximum atomic E-state index is 10.8. The first-order chi connectivity index (χ1) is 9.02. The Labute approximate surface area is 111 Å². The van der Waals surface area contributed by atoms with E-state index in [-0.39, 0.29) is 11.1 Å². The Balaban J connectivity index is 1.98. The van der Waals surface area contributed by atoms with Crippen LogP contribution in [0.2, 0.25) is 0 Å². The van der Waals surface area contributed by atoms with Gasteiger partial charge in [0, 0.05) is 24.6 Å². The fourth-order valence-corrected chi connectivity index (χ4v) is 2.03. The minimum Gasteiger partial charge on any atom is -0.496 e. The van der Waals surface area contributed by atoms with E-state index in [1.807, 2.05) is 0 Å². The summed E-state index contributed by atoms with van der Waals surface area (Å²) in [6, 6.07) is 4.79. The Morgan fingerprint density at radius 2 is 2.21 bits per heavy atom. The van der Waals surface area contributed by atoms with Crippen molar-refractivity contribution in [2.45, 2.75) is 13.5 Å². The minimum atomic E-state index is -0.410. The highest BCUT2D eigenvalue weighted by atomic mass is 16.6. The molecule has 0 bridgehead atoms. The quantitative estimate of drug-likeness (QED) is 0.627. The Morgan fingerprint density at radius 1 is 1.47 bits per heavy atom. The fraction of sp³-hybridized carbons (Fsp3) is 0.538. The molecule has 19 heavy (non-hydrogen) atoms. The van der Waals surface area contributed by atoms with Gasteiger partial charge >= 0.3 is 0 Å². The van der Waals surface area contributed by atoms with E-state index in [0.29, 0.717) is 12.3 Å². The molecule has 1 aliphatic heterocycles. The zero-order valence-corrected chi connectivity index (χ0v) is 11.1. The van der Waals surface area contributed by atoms with Crippen molar-refractivity contribution in [3.05, 3.63) is 33.9 Å². The third kappa shape index (κ3) is 3.42. The molecule has 1 fully saturated rings. The number of hydrogen-bond acceptors (Lipinski definition) is 5. The second kappa shape index (κ2) is 5.54. The molecule has 104 valence electrons. The molecule has 0 radical (unpaired) electrons. The van der Waals surface area contributed by atoms with Crippen molar-refractivity contribution < 1.29 is 14.4 Å². The van der Waals surface area contributed by atoms with Crippen molar-refractivity contribution in [2.24, 2.45) is 5.41 Å². The van der Waals surface area contributed by atoms with Crippen LogP contribution >= 0.6 is 0 Å². The second-order valence-corrected chi connectivity index (χ2v) is 5.20. The summed E-state index contributed by atoms with van der Waals surface area (Å²) < 4.78 is 10.3. The van der Waals surface area contributed by atoms with Crippen LogP contribution in [0.15, 0.2) is 18.2 Å². The van der Waals surface area contributed by atoms with Gasteiger partial charge in [0.2, 0.25) is 0 Å². The van der Waals surface area contributed by atoms with Crippen LogP contribution in [0.5, 0.6) is 5.75 Å². The van der Waals surface area contributed by atoms with Gasteiger partial charge in [-0.1, -0.05) is 6.92 Å². The van der Waals surface area contributed by atoms with Crippen LogP contribution in [-0.2, 0) is 11.3 Å². The molecule has 0 unspecified atom stereocenters. The third-order valence-corrected chi connectivity index (χ3v) is 3.18. The molecule has 0 atom stereocenters. The van der Waals surface area contributed by atoms with Crippen LogP contribution in [0.4, 0.5) is 5.69 Å². The third-order valence-electron chi connectivity index (χ3n) is 3.18. The van der Waals surface area contributed by atoms with Crippen LogP contribution in [0, 0.1) is 15.5 Å². The van der Waals surface area contributed by atoms with Gasteiger partial charge in [0.05, 0.1) is 31.3 Å². The molecule has 1 aromatic carbocycles. The SMILES string of the molecule is COc1cc(CNCC2(C)COC2)cc([N+](=O)[O-])c1. The van der Waals surface area contributed by atoms with Crippen LogP contribution in [-0.4, -0.2) is 31.8 Å². The molecule has 0 spiro atoms. The van der Waals surface area contributed by atoms with Crippen molar-refractivity contribution in [1.29, 1.82) is 0 Å². The molecular weight excluding hydrogens is 248 g/mol. The predicted molar refractivity (Wildman–Crippen MR) is 70.3 cm³/mol. The summed E-state index contributed by atoms with van der Waals surface area (Å²) >= 11 is 0. The monoisotopic (exact) mass is 266 g/mol. The summed E-state index contributed by atoms with van der Waals surface area (Å²) in [4.78, 5) is 10.4. The van der Waals surface area contributed by atoms with Crippen LogP contribution in [0.25, 0.3) is 0 Å².